The zero-order valence-corrected chi connectivity index (χ0v) is 12.0. The highest BCUT2D eigenvalue weighted by Crippen LogP contribution is 2.27. The topological polar surface area (TPSA) is 49.6 Å². The van der Waals surface area contributed by atoms with Crippen LogP contribution in [0, 0.1) is 17.0 Å². The van der Waals surface area contributed by atoms with Crippen molar-refractivity contribution in [2.75, 3.05) is 25.0 Å². The van der Waals surface area contributed by atoms with Gasteiger partial charge in [0.05, 0.1) is 4.92 Å². The summed E-state index contributed by atoms with van der Waals surface area (Å²) < 4.78 is 0. The Labute approximate surface area is 114 Å². The molecule has 2 rings (SSSR count). The molecule has 0 unspecified atom stereocenters. The average Bonchev–Trinajstić information content (AvgIpc) is 2.33. The van der Waals surface area contributed by atoms with Crippen LogP contribution in [0.5, 0.6) is 0 Å². The van der Waals surface area contributed by atoms with Crippen LogP contribution in [0.4, 0.5) is 11.4 Å². The van der Waals surface area contributed by atoms with Crippen molar-refractivity contribution in [2.45, 2.75) is 32.9 Å². The van der Waals surface area contributed by atoms with Crippen molar-refractivity contribution in [3.05, 3.63) is 33.9 Å². The van der Waals surface area contributed by atoms with Gasteiger partial charge in [0.15, 0.2) is 0 Å². The van der Waals surface area contributed by atoms with Gasteiger partial charge >= 0.3 is 0 Å². The van der Waals surface area contributed by atoms with Gasteiger partial charge in [0.2, 0.25) is 0 Å². The zero-order chi connectivity index (χ0) is 14.2. The number of nitrogens with zero attached hydrogens (tertiary/aromatic N) is 3. The first kappa shape index (κ1) is 13.8. The second kappa shape index (κ2) is 5.17. The molecular weight excluding hydrogens is 242 g/mol. The van der Waals surface area contributed by atoms with E-state index in [1.807, 2.05) is 12.1 Å². The van der Waals surface area contributed by atoms with Gasteiger partial charge in [-0.2, -0.15) is 0 Å². The fourth-order valence-electron chi connectivity index (χ4n) is 2.68. The standard InChI is InChI=1S/C14H21N3O2/c1-10-7-13(5-6-14(10)17(18)19)16-9-11(2)15(4)8-12(16)3/h5-7,11-12H,8-9H2,1-4H3/t11-,12+/m0/s1. The number of benzene rings is 1. The molecule has 1 fully saturated rings. The largest absolute Gasteiger partial charge is 0.366 e. The first-order valence-corrected chi connectivity index (χ1v) is 6.62. The maximum atomic E-state index is 10.9. The van der Waals surface area contributed by atoms with Crippen LogP contribution in [0.15, 0.2) is 18.2 Å². The summed E-state index contributed by atoms with van der Waals surface area (Å²) in [6.45, 7) is 8.16. The molecule has 0 aromatic heterocycles. The zero-order valence-electron chi connectivity index (χ0n) is 12.0. The molecule has 0 spiro atoms. The highest BCUT2D eigenvalue weighted by atomic mass is 16.6. The number of hydrogen-bond acceptors (Lipinski definition) is 4. The fraction of sp³-hybridized carbons (Fsp3) is 0.571. The Morgan fingerprint density at radius 3 is 2.53 bits per heavy atom. The maximum absolute atomic E-state index is 10.9. The van der Waals surface area contributed by atoms with E-state index < -0.39 is 0 Å². The molecular formula is C14H21N3O2. The Kier molecular flexibility index (Phi) is 3.75. The van der Waals surface area contributed by atoms with Crippen molar-refractivity contribution in [3.63, 3.8) is 0 Å². The van der Waals surface area contributed by atoms with Gasteiger partial charge in [-0.25, -0.2) is 0 Å². The van der Waals surface area contributed by atoms with E-state index in [-0.39, 0.29) is 10.6 Å². The number of likely N-dealkylation sites (N-methyl/N-ethyl adjacent to an activating group) is 1. The Balaban J connectivity index is 2.27. The van der Waals surface area contributed by atoms with Gasteiger partial charge in [0.1, 0.15) is 0 Å². The van der Waals surface area contributed by atoms with Gasteiger partial charge in [-0.15, -0.1) is 0 Å². The summed E-state index contributed by atoms with van der Waals surface area (Å²) in [6, 6.07) is 6.31. The summed E-state index contributed by atoms with van der Waals surface area (Å²) in [5.74, 6) is 0. The van der Waals surface area contributed by atoms with Crippen molar-refractivity contribution in [2.24, 2.45) is 0 Å². The van der Waals surface area contributed by atoms with E-state index in [2.05, 4.69) is 30.7 Å². The molecule has 1 aromatic carbocycles. The third-order valence-electron chi connectivity index (χ3n) is 4.01. The van der Waals surface area contributed by atoms with E-state index in [4.69, 9.17) is 0 Å². The number of rotatable bonds is 2. The molecule has 1 aliphatic rings. The van der Waals surface area contributed by atoms with Crippen molar-refractivity contribution >= 4 is 11.4 Å². The Morgan fingerprint density at radius 1 is 1.26 bits per heavy atom. The average molecular weight is 263 g/mol. The van der Waals surface area contributed by atoms with Gasteiger partial charge in [0, 0.05) is 42.5 Å². The van der Waals surface area contributed by atoms with Crippen LogP contribution in [0.3, 0.4) is 0 Å². The van der Waals surface area contributed by atoms with Crippen LogP contribution in [0.25, 0.3) is 0 Å². The smallest absolute Gasteiger partial charge is 0.272 e. The summed E-state index contributed by atoms with van der Waals surface area (Å²) in [7, 11) is 2.14. The molecule has 0 radical (unpaired) electrons. The number of nitro benzene ring substituents is 1. The summed E-state index contributed by atoms with van der Waals surface area (Å²) in [6.07, 6.45) is 0. The quantitative estimate of drug-likeness (QED) is 0.607. The Hall–Kier alpha value is -1.62. The lowest BCUT2D eigenvalue weighted by atomic mass is 10.1. The van der Waals surface area contributed by atoms with Crippen LogP contribution >= 0.6 is 0 Å². The third-order valence-corrected chi connectivity index (χ3v) is 4.01. The highest BCUT2D eigenvalue weighted by Gasteiger charge is 2.27. The van der Waals surface area contributed by atoms with Gasteiger partial charge in [-0.1, -0.05) is 0 Å². The van der Waals surface area contributed by atoms with E-state index in [0.717, 1.165) is 24.3 Å². The maximum Gasteiger partial charge on any atom is 0.272 e. The second-order valence-electron chi connectivity index (χ2n) is 5.52. The summed E-state index contributed by atoms with van der Waals surface area (Å²) in [4.78, 5) is 15.2. The SMILES string of the molecule is Cc1cc(N2C[C@H](C)N(C)C[C@H]2C)ccc1[N+](=O)[O-]. The molecule has 2 atom stereocenters. The number of anilines is 1. The lowest BCUT2D eigenvalue weighted by Gasteiger charge is -2.43. The molecule has 1 aliphatic heterocycles. The first-order valence-electron chi connectivity index (χ1n) is 6.62. The first-order chi connectivity index (χ1) is 8.90. The highest BCUT2D eigenvalue weighted by molar-refractivity contribution is 5.56. The lowest BCUT2D eigenvalue weighted by molar-refractivity contribution is -0.385. The Morgan fingerprint density at radius 2 is 1.95 bits per heavy atom. The number of hydrogen-bond donors (Lipinski definition) is 0. The number of nitro groups is 1. The Bertz CT molecular complexity index is 490. The van der Waals surface area contributed by atoms with Crippen molar-refractivity contribution < 1.29 is 4.92 Å². The minimum Gasteiger partial charge on any atom is -0.366 e. The minimum absolute atomic E-state index is 0.193. The number of piperazine rings is 1. The van der Waals surface area contributed by atoms with E-state index in [9.17, 15) is 10.1 Å². The molecule has 0 aliphatic carbocycles. The van der Waals surface area contributed by atoms with Gasteiger partial charge in [-0.3, -0.25) is 15.0 Å². The summed E-state index contributed by atoms with van der Waals surface area (Å²) in [5.41, 5.74) is 2.00. The molecule has 19 heavy (non-hydrogen) atoms. The summed E-state index contributed by atoms with van der Waals surface area (Å²) in [5, 5.41) is 10.9. The van der Waals surface area contributed by atoms with Crippen LogP contribution in [0.1, 0.15) is 19.4 Å². The van der Waals surface area contributed by atoms with Crippen LogP contribution in [-0.4, -0.2) is 42.0 Å². The monoisotopic (exact) mass is 263 g/mol. The fourth-order valence-corrected chi connectivity index (χ4v) is 2.68. The van der Waals surface area contributed by atoms with Crippen molar-refractivity contribution in [1.82, 2.24) is 4.90 Å². The lowest BCUT2D eigenvalue weighted by Crippen LogP contribution is -2.55. The van der Waals surface area contributed by atoms with E-state index >= 15 is 0 Å². The van der Waals surface area contributed by atoms with Crippen molar-refractivity contribution in [3.8, 4) is 0 Å². The van der Waals surface area contributed by atoms with Crippen LogP contribution in [0.2, 0.25) is 0 Å². The predicted octanol–water partition coefficient (Wildman–Crippen LogP) is 2.43. The number of aryl methyl sites for hydroxylation is 1. The molecule has 5 nitrogen and oxygen atoms in total. The molecule has 0 saturated carbocycles. The van der Waals surface area contributed by atoms with Crippen LogP contribution in [-0.2, 0) is 0 Å². The molecule has 104 valence electrons. The predicted molar refractivity (Wildman–Crippen MR) is 76.7 cm³/mol. The normalized spacial score (nSPS) is 24.5. The van der Waals surface area contributed by atoms with Gasteiger partial charge < -0.3 is 4.90 Å². The van der Waals surface area contributed by atoms with E-state index in [1.165, 1.54) is 0 Å². The van der Waals surface area contributed by atoms with E-state index in [1.54, 1.807) is 13.0 Å². The molecule has 1 saturated heterocycles. The van der Waals surface area contributed by atoms with Gasteiger partial charge in [-0.05, 0) is 40.0 Å². The van der Waals surface area contributed by atoms with E-state index in [0.29, 0.717) is 12.1 Å². The van der Waals surface area contributed by atoms with Crippen LogP contribution < -0.4 is 4.90 Å². The van der Waals surface area contributed by atoms with Crippen molar-refractivity contribution in [1.29, 1.82) is 0 Å². The summed E-state index contributed by atoms with van der Waals surface area (Å²) >= 11 is 0. The molecule has 0 N–H and O–H groups in total. The minimum atomic E-state index is -0.324. The third kappa shape index (κ3) is 2.71. The molecule has 0 amide bonds. The van der Waals surface area contributed by atoms with Gasteiger partial charge in [0.25, 0.3) is 5.69 Å². The molecule has 1 heterocycles. The molecule has 1 aromatic rings. The second-order valence-corrected chi connectivity index (χ2v) is 5.52. The molecule has 5 heteroatoms. The molecule has 0 bridgehead atoms.